The van der Waals surface area contributed by atoms with Gasteiger partial charge < -0.3 is 4.74 Å². The number of carbonyl (C=O) groups excluding carboxylic acids is 1. The molecule has 0 fully saturated rings. The van der Waals surface area contributed by atoms with Gasteiger partial charge in [0.1, 0.15) is 0 Å². The van der Waals surface area contributed by atoms with Gasteiger partial charge >= 0.3 is 5.97 Å². The number of methoxy groups -OCH3 is 1. The van der Waals surface area contributed by atoms with Gasteiger partial charge in [-0.3, -0.25) is 14.1 Å². The molecule has 0 saturated carbocycles. The minimum atomic E-state index is -3.43. The highest BCUT2D eigenvalue weighted by Gasteiger charge is 2.20. The maximum absolute atomic E-state index is 12.2. The lowest BCUT2D eigenvalue weighted by atomic mass is 10.3. The standard InChI is InChI=1S/C12H18N2O4S/c1-3-14(11-6-8-13-9-7-11)19(16,17)10-4-5-12(15)18-2/h6-9H,3-5,10H2,1-2H3. The van der Waals surface area contributed by atoms with E-state index >= 15 is 0 Å². The number of hydrogen-bond donors (Lipinski definition) is 0. The number of carbonyl (C=O) groups is 1. The van der Waals surface area contributed by atoms with E-state index in [0.717, 1.165) is 0 Å². The van der Waals surface area contributed by atoms with E-state index in [-0.39, 0.29) is 18.6 Å². The molecular formula is C12H18N2O4S. The molecule has 0 bridgehead atoms. The molecule has 0 aromatic carbocycles. The molecule has 1 rings (SSSR count). The SMILES string of the molecule is CCN(c1ccncc1)S(=O)(=O)CCCC(=O)OC. The summed E-state index contributed by atoms with van der Waals surface area (Å²) in [6, 6.07) is 3.28. The molecule has 0 atom stereocenters. The minimum Gasteiger partial charge on any atom is -0.469 e. The summed E-state index contributed by atoms with van der Waals surface area (Å²) in [6.45, 7) is 2.10. The zero-order valence-electron chi connectivity index (χ0n) is 11.1. The molecule has 0 unspecified atom stereocenters. The Hall–Kier alpha value is -1.63. The zero-order valence-corrected chi connectivity index (χ0v) is 11.9. The number of esters is 1. The van der Waals surface area contributed by atoms with Crippen molar-refractivity contribution >= 4 is 21.7 Å². The van der Waals surface area contributed by atoms with Gasteiger partial charge in [-0.15, -0.1) is 0 Å². The maximum Gasteiger partial charge on any atom is 0.305 e. The van der Waals surface area contributed by atoms with Crippen molar-refractivity contribution < 1.29 is 17.9 Å². The molecule has 0 saturated heterocycles. The van der Waals surface area contributed by atoms with Gasteiger partial charge in [0.25, 0.3) is 0 Å². The predicted molar refractivity (Wildman–Crippen MR) is 72.3 cm³/mol. The number of sulfonamides is 1. The number of anilines is 1. The molecule has 0 aliphatic rings. The molecule has 1 aromatic heterocycles. The van der Waals surface area contributed by atoms with Gasteiger partial charge in [0, 0.05) is 25.4 Å². The van der Waals surface area contributed by atoms with Crippen LogP contribution in [-0.4, -0.2) is 38.8 Å². The number of nitrogens with zero attached hydrogens (tertiary/aromatic N) is 2. The first-order valence-electron chi connectivity index (χ1n) is 5.98. The lowest BCUT2D eigenvalue weighted by Gasteiger charge is -2.22. The van der Waals surface area contributed by atoms with Crippen LogP contribution in [0.5, 0.6) is 0 Å². The highest BCUT2D eigenvalue weighted by atomic mass is 32.2. The Labute approximate surface area is 113 Å². The third-order valence-electron chi connectivity index (χ3n) is 2.58. The number of hydrogen-bond acceptors (Lipinski definition) is 5. The summed E-state index contributed by atoms with van der Waals surface area (Å²) >= 11 is 0. The van der Waals surface area contributed by atoms with Crippen molar-refractivity contribution in [2.45, 2.75) is 19.8 Å². The fraction of sp³-hybridized carbons (Fsp3) is 0.500. The average Bonchev–Trinajstić information content (AvgIpc) is 2.40. The number of pyridine rings is 1. The van der Waals surface area contributed by atoms with Gasteiger partial charge in [-0.2, -0.15) is 0 Å². The third-order valence-corrected chi connectivity index (χ3v) is 4.53. The van der Waals surface area contributed by atoms with E-state index in [1.54, 1.807) is 31.5 Å². The Morgan fingerprint density at radius 2 is 2.00 bits per heavy atom. The molecule has 19 heavy (non-hydrogen) atoms. The van der Waals surface area contributed by atoms with Gasteiger partial charge in [-0.25, -0.2) is 8.42 Å². The second-order valence-corrected chi connectivity index (χ2v) is 5.88. The first-order valence-corrected chi connectivity index (χ1v) is 7.59. The van der Waals surface area contributed by atoms with Crippen molar-refractivity contribution in [3.8, 4) is 0 Å². The monoisotopic (exact) mass is 286 g/mol. The van der Waals surface area contributed by atoms with E-state index in [4.69, 9.17) is 0 Å². The van der Waals surface area contributed by atoms with Gasteiger partial charge in [0.2, 0.25) is 10.0 Å². The van der Waals surface area contributed by atoms with E-state index in [1.807, 2.05) is 0 Å². The van der Waals surface area contributed by atoms with Gasteiger partial charge in [-0.05, 0) is 25.5 Å². The van der Waals surface area contributed by atoms with Crippen molar-refractivity contribution in [2.24, 2.45) is 0 Å². The highest BCUT2D eigenvalue weighted by Crippen LogP contribution is 2.17. The van der Waals surface area contributed by atoms with Crippen molar-refractivity contribution in [3.63, 3.8) is 0 Å². The second-order valence-electron chi connectivity index (χ2n) is 3.87. The van der Waals surface area contributed by atoms with Crippen LogP contribution >= 0.6 is 0 Å². The summed E-state index contributed by atoms with van der Waals surface area (Å²) in [6.07, 6.45) is 3.43. The van der Waals surface area contributed by atoms with Crippen molar-refractivity contribution in [3.05, 3.63) is 24.5 Å². The Kier molecular flexibility index (Phi) is 5.75. The molecule has 0 radical (unpaired) electrons. The molecule has 6 nitrogen and oxygen atoms in total. The Bertz CT molecular complexity index is 502. The van der Waals surface area contributed by atoms with Gasteiger partial charge in [-0.1, -0.05) is 0 Å². The van der Waals surface area contributed by atoms with E-state index in [2.05, 4.69) is 9.72 Å². The molecule has 0 spiro atoms. The lowest BCUT2D eigenvalue weighted by molar-refractivity contribution is -0.140. The molecule has 1 aromatic rings. The van der Waals surface area contributed by atoms with Crippen LogP contribution in [0.25, 0.3) is 0 Å². The summed E-state index contributed by atoms with van der Waals surface area (Å²) in [4.78, 5) is 14.8. The maximum atomic E-state index is 12.2. The Morgan fingerprint density at radius 1 is 1.37 bits per heavy atom. The molecule has 7 heteroatoms. The number of ether oxygens (including phenoxy) is 1. The largest absolute Gasteiger partial charge is 0.469 e. The first kappa shape index (κ1) is 15.4. The smallest absolute Gasteiger partial charge is 0.305 e. The van der Waals surface area contributed by atoms with E-state index in [9.17, 15) is 13.2 Å². The van der Waals surface area contributed by atoms with Crippen LogP contribution in [0.2, 0.25) is 0 Å². The predicted octanol–water partition coefficient (Wildman–Crippen LogP) is 1.19. The van der Waals surface area contributed by atoms with Crippen LogP contribution < -0.4 is 4.31 Å². The van der Waals surface area contributed by atoms with Crippen molar-refractivity contribution in [1.82, 2.24) is 4.98 Å². The van der Waals surface area contributed by atoms with Crippen LogP contribution in [0.1, 0.15) is 19.8 Å². The van der Waals surface area contributed by atoms with E-state index in [1.165, 1.54) is 11.4 Å². The lowest BCUT2D eigenvalue weighted by Crippen LogP contribution is -2.33. The molecule has 0 amide bonds. The molecule has 0 N–H and O–H groups in total. The fourth-order valence-corrected chi connectivity index (χ4v) is 3.23. The Morgan fingerprint density at radius 3 is 2.53 bits per heavy atom. The quantitative estimate of drug-likeness (QED) is 0.704. The zero-order chi connectivity index (χ0) is 14.3. The van der Waals surface area contributed by atoms with E-state index in [0.29, 0.717) is 12.2 Å². The molecule has 0 aliphatic carbocycles. The summed E-state index contributed by atoms with van der Waals surface area (Å²) in [5.41, 5.74) is 0.579. The number of aromatic nitrogens is 1. The van der Waals surface area contributed by atoms with Crippen LogP contribution in [0.3, 0.4) is 0 Å². The van der Waals surface area contributed by atoms with Crippen molar-refractivity contribution in [2.75, 3.05) is 23.7 Å². The fourth-order valence-electron chi connectivity index (χ4n) is 1.66. The van der Waals surface area contributed by atoms with Crippen LogP contribution in [0.15, 0.2) is 24.5 Å². The van der Waals surface area contributed by atoms with Gasteiger partial charge in [0.05, 0.1) is 18.6 Å². The minimum absolute atomic E-state index is 0.0851. The van der Waals surface area contributed by atoms with Crippen LogP contribution in [0.4, 0.5) is 5.69 Å². The number of rotatable bonds is 7. The Balaban J connectivity index is 2.72. The topological polar surface area (TPSA) is 76.6 Å². The van der Waals surface area contributed by atoms with Crippen molar-refractivity contribution in [1.29, 1.82) is 0 Å². The molecule has 0 aliphatic heterocycles. The molecular weight excluding hydrogens is 268 g/mol. The normalized spacial score (nSPS) is 11.1. The van der Waals surface area contributed by atoms with E-state index < -0.39 is 16.0 Å². The summed E-state index contributed by atoms with van der Waals surface area (Å²) in [5.74, 6) is -0.486. The first-order chi connectivity index (χ1) is 9.01. The summed E-state index contributed by atoms with van der Waals surface area (Å²) < 4.78 is 30.2. The van der Waals surface area contributed by atoms with Crippen LogP contribution in [0, 0.1) is 0 Å². The highest BCUT2D eigenvalue weighted by molar-refractivity contribution is 7.92. The summed E-state index contributed by atoms with van der Waals surface area (Å²) in [5, 5.41) is 0. The molecule has 1 heterocycles. The third kappa shape index (κ3) is 4.51. The second kappa shape index (κ2) is 7.08. The molecule has 106 valence electrons. The average molecular weight is 286 g/mol. The van der Waals surface area contributed by atoms with Crippen LogP contribution in [-0.2, 0) is 19.6 Å². The van der Waals surface area contributed by atoms with Gasteiger partial charge in [0.15, 0.2) is 0 Å². The summed E-state index contributed by atoms with van der Waals surface area (Å²) in [7, 11) is -2.15.